The molecule has 0 aliphatic carbocycles. The topological polar surface area (TPSA) is 61.9 Å². The molecule has 4 rings (SSSR count). The van der Waals surface area contributed by atoms with E-state index in [1.54, 1.807) is 12.1 Å². The molecule has 0 saturated carbocycles. The van der Waals surface area contributed by atoms with Gasteiger partial charge in [-0.1, -0.05) is 42.5 Å². The number of carbonyl (C=O) groups is 2. The molecule has 1 fully saturated rings. The molecule has 1 saturated heterocycles. The van der Waals surface area contributed by atoms with Gasteiger partial charge >= 0.3 is 0 Å². The molecule has 34 heavy (non-hydrogen) atoms. The second-order valence-electron chi connectivity index (χ2n) is 8.24. The van der Waals surface area contributed by atoms with Crippen molar-refractivity contribution < 1.29 is 18.7 Å². The van der Waals surface area contributed by atoms with Crippen molar-refractivity contribution in [3.05, 3.63) is 90.2 Å². The van der Waals surface area contributed by atoms with E-state index >= 15 is 0 Å². The summed E-state index contributed by atoms with van der Waals surface area (Å²) in [6, 6.07) is 22.8. The zero-order chi connectivity index (χ0) is 23.8. The van der Waals surface area contributed by atoms with Gasteiger partial charge in [0.25, 0.3) is 0 Å². The molecule has 0 unspecified atom stereocenters. The highest BCUT2D eigenvalue weighted by Crippen LogP contribution is 2.29. The first-order valence-electron chi connectivity index (χ1n) is 11.4. The number of hydrogen-bond donors (Lipinski definition) is 1. The van der Waals surface area contributed by atoms with Gasteiger partial charge in [-0.05, 0) is 42.0 Å². The van der Waals surface area contributed by atoms with Crippen LogP contribution in [0.25, 0.3) is 0 Å². The van der Waals surface area contributed by atoms with Crippen LogP contribution in [0.3, 0.4) is 0 Å². The van der Waals surface area contributed by atoms with Gasteiger partial charge in [0.15, 0.2) is 5.75 Å². The molecule has 0 spiro atoms. The molecule has 2 amide bonds. The van der Waals surface area contributed by atoms with Crippen molar-refractivity contribution in [1.29, 1.82) is 0 Å². The van der Waals surface area contributed by atoms with Gasteiger partial charge in [0.05, 0.1) is 12.1 Å². The molecule has 1 aliphatic rings. The number of halogens is 1. The minimum atomic E-state index is -0.305. The minimum Gasteiger partial charge on any atom is -0.455 e. The first kappa shape index (κ1) is 23.4. The fourth-order valence-corrected chi connectivity index (χ4v) is 3.86. The van der Waals surface area contributed by atoms with Gasteiger partial charge in [-0.25, -0.2) is 4.39 Å². The third-order valence-corrected chi connectivity index (χ3v) is 5.78. The second kappa shape index (κ2) is 11.4. The van der Waals surface area contributed by atoms with Crippen LogP contribution < -0.4 is 10.1 Å². The summed E-state index contributed by atoms with van der Waals surface area (Å²) in [5, 5.41) is 2.95. The number of amides is 2. The lowest BCUT2D eigenvalue weighted by Crippen LogP contribution is -2.49. The van der Waals surface area contributed by atoms with Gasteiger partial charge in [0.1, 0.15) is 11.6 Å². The molecule has 1 aliphatic heterocycles. The first-order valence-corrected chi connectivity index (χ1v) is 11.4. The smallest absolute Gasteiger partial charge is 0.227 e. The van der Waals surface area contributed by atoms with Crippen LogP contribution in [-0.4, -0.2) is 54.3 Å². The number of benzene rings is 3. The lowest BCUT2D eigenvalue weighted by atomic mass is 10.1. The summed E-state index contributed by atoms with van der Waals surface area (Å²) in [5.41, 5.74) is 1.44. The molecule has 3 aromatic rings. The molecule has 176 valence electrons. The van der Waals surface area contributed by atoms with E-state index in [2.05, 4.69) is 10.2 Å². The van der Waals surface area contributed by atoms with E-state index in [1.807, 2.05) is 59.5 Å². The van der Waals surface area contributed by atoms with Gasteiger partial charge in [0.2, 0.25) is 11.8 Å². The van der Waals surface area contributed by atoms with Crippen molar-refractivity contribution in [2.24, 2.45) is 0 Å². The summed E-state index contributed by atoms with van der Waals surface area (Å²) in [5.74, 6) is 0.949. The molecule has 0 bridgehead atoms. The molecule has 0 radical (unpaired) electrons. The van der Waals surface area contributed by atoms with Crippen molar-refractivity contribution in [2.75, 3.05) is 38.0 Å². The van der Waals surface area contributed by atoms with Crippen LogP contribution in [0.5, 0.6) is 11.5 Å². The predicted molar refractivity (Wildman–Crippen MR) is 129 cm³/mol. The van der Waals surface area contributed by atoms with Crippen molar-refractivity contribution in [1.82, 2.24) is 9.80 Å². The van der Waals surface area contributed by atoms with E-state index in [4.69, 9.17) is 4.74 Å². The number of rotatable bonds is 8. The Morgan fingerprint density at radius 2 is 1.53 bits per heavy atom. The number of hydrogen-bond acceptors (Lipinski definition) is 4. The Kier molecular flexibility index (Phi) is 7.88. The Labute approximate surface area is 198 Å². The third-order valence-electron chi connectivity index (χ3n) is 5.78. The van der Waals surface area contributed by atoms with E-state index < -0.39 is 0 Å². The first-order chi connectivity index (χ1) is 16.6. The van der Waals surface area contributed by atoms with Gasteiger partial charge in [-0.2, -0.15) is 0 Å². The quantitative estimate of drug-likeness (QED) is 0.542. The van der Waals surface area contributed by atoms with Gasteiger partial charge < -0.3 is 15.0 Å². The van der Waals surface area contributed by atoms with E-state index in [1.165, 1.54) is 12.1 Å². The normalized spacial score (nSPS) is 14.0. The molecular formula is C27H28FN3O3. The van der Waals surface area contributed by atoms with Crippen LogP contribution >= 0.6 is 0 Å². The predicted octanol–water partition coefficient (Wildman–Crippen LogP) is 4.33. The monoisotopic (exact) mass is 461 g/mol. The maximum atomic E-state index is 13.0. The average Bonchev–Trinajstić information content (AvgIpc) is 2.86. The van der Waals surface area contributed by atoms with Crippen LogP contribution in [0.4, 0.5) is 10.1 Å². The van der Waals surface area contributed by atoms with Crippen LogP contribution in [-0.2, 0) is 16.0 Å². The summed E-state index contributed by atoms with van der Waals surface area (Å²) in [6.45, 7) is 3.30. The summed E-state index contributed by atoms with van der Waals surface area (Å²) in [7, 11) is 0. The lowest BCUT2D eigenvalue weighted by molar-refractivity contribution is -0.132. The van der Waals surface area contributed by atoms with Crippen LogP contribution in [0.1, 0.15) is 12.0 Å². The zero-order valence-electron chi connectivity index (χ0n) is 19.0. The molecular weight excluding hydrogens is 433 g/mol. The molecule has 6 nitrogen and oxygen atoms in total. The Morgan fingerprint density at radius 1 is 0.853 bits per heavy atom. The van der Waals surface area contributed by atoms with E-state index in [0.29, 0.717) is 43.2 Å². The van der Waals surface area contributed by atoms with E-state index in [9.17, 15) is 14.0 Å². The van der Waals surface area contributed by atoms with E-state index in [0.717, 1.165) is 18.7 Å². The van der Waals surface area contributed by atoms with Crippen molar-refractivity contribution in [3.8, 4) is 11.5 Å². The zero-order valence-corrected chi connectivity index (χ0v) is 19.0. The molecule has 0 aromatic heterocycles. The van der Waals surface area contributed by atoms with Crippen molar-refractivity contribution in [3.63, 3.8) is 0 Å². The largest absolute Gasteiger partial charge is 0.455 e. The fourth-order valence-electron chi connectivity index (χ4n) is 3.86. The van der Waals surface area contributed by atoms with Crippen LogP contribution in [0.15, 0.2) is 78.9 Å². The van der Waals surface area contributed by atoms with Crippen molar-refractivity contribution in [2.45, 2.75) is 12.8 Å². The lowest BCUT2D eigenvalue weighted by Gasteiger charge is -2.34. The van der Waals surface area contributed by atoms with Gasteiger partial charge in [-0.15, -0.1) is 0 Å². The fraction of sp³-hybridized carbons (Fsp3) is 0.259. The summed E-state index contributed by atoms with van der Waals surface area (Å²) >= 11 is 0. The molecule has 3 aromatic carbocycles. The van der Waals surface area contributed by atoms with Crippen molar-refractivity contribution >= 4 is 17.5 Å². The number of piperazine rings is 1. The summed E-state index contributed by atoms with van der Waals surface area (Å²) in [6.07, 6.45) is 0.621. The standard InChI is InChI=1S/C27H28FN3O3/c28-22-12-10-21(11-13-22)20-27(33)31-18-16-30(17-19-31)15-14-26(32)29-24-8-4-5-9-25(24)34-23-6-2-1-3-7-23/h1-13H,14-20H2,(H,29,32). The number of ether oxygens (including phenoxy) is 1. The van der Waals surface area contributed by atoms with Crippen LogP contribution in [0, 0.1) is 5.82 Å². The highest BCUT2D eigenvalue weighted by atomic mass is 19.1. The number of para-hydroxylation sites is 3. The highest BCUT2D eigenvalue weighted by molar-refractivity contribution is 5.92. The number of nitrogens with zero attached hydrogens (tertiary/aromatic N) is 2. The number of nitrogens with one attached hydrogen (secondary N) is 1. The Bertz CT molecular complexity index is 1100. The summed E-state index contributed by atoms with van der Waals surface area (Å²) < 4.78 is 19.0. The number of carbonyl (C=O) groups excluding carboxylic acids is 2. The van der Waals surface area contributed by atoms with Gasteiger partial charge in [0, 0.05) is 39.1 Å². The average molecular weight is 462 g/mol. The second-order valence-corrected chi connectivity index (χ2v) is 8.24. The maximum Gasteiger partial charge on any atom is 0.227 e. The molecule has 1 heterocycles. The third kappa shape index (κ3) is 6.65. The molecule has 0 atom stereocenters. The Morgan fingerprint density at radius 3 is 2.26 bits per heavy atom. The Balaban J connectivity index is 1.21. The summed E-state index contributed by atoms with van der Waals surface area (Å²) in [4.78, 5) is 29.1. The SMILES string of the molecule is O=C(CCN1CCN(C(=O)Cc2ccc(F)cc2)CC1)Nc1ccccc1Oc1ccccc1. The van der Waals surface area contributed by atoms with Crippen LogP contribution in [0.2, 0.25) is 0 Å². The minimum absolute atomic E-state index is 0.0408. The highest BCUT2D eigenvalue weighted by Gasteiger charge is 2.21. The van der Waals surface area contributed by atoms with Gasteiger partial charge in [-0.3, -0.25) is 14.5 Å². The molecule has 7 heteroatoms. The van der Waals surface area contributed by atoms with E-state index in [-0.39, 0.29) is 24.1 Å². The number of anilines is 1. The Hall–Kier alpha value is -3.71. The maximum absolute atomic E-state index is 13.0. The molecule has 1 N–H and O–H groups in total.